The fourth-order valence-corrected chi connectivity index (χ4v) is 2.83. The Morgan fingerprint density at radius 1 is 0.818 bits per heavy atom. The van der Waals surface area contributed by atoms with Gasteiger partial charge in [0.2, 0.25) is 11.8 Å². The van der Waals surface area contributed by atoms with Crippen molar-refractivity contribution in [1.82, 2.24) is 5.32 Å². The van der Waals surface area contributed by atoms with Gasteiger partial charge in [-0.05, 0) is 38.5 Å². The molecule has 0 aromatic carbocycles. The first-order chi connectivity index (χ1) is 10.7. The Hall–Kier alpha value is -1.12. The lowest BCUT2D eigenvalue weighted by Gasteiger charge is -2.11. The molecule has 3 heteroatoms. The van der Waals surface area contributed by atoms with Gasteiger partial charge in [0.1, 0.15) is 0 Å². The van der Waals surface area contributed by atoms with E-state index in [0.717, 1.165) is 25.7 Å². The molecule has 1 aliphatic heterocycles. The highest BCUT2D eigenvalue weighted by molar-refractivity contribution is 5.96. The number of allylic oxidation sites excluding steroid dienone is 2. The van der Waals surface area contributed by atoms with Crippen LogP contribution in [0.25, 0.3) is 0 Å². The van der Waals surface area contributed by atoms with Crippen LogP contribution < -0.4 is 5.32 Å². The van der Waals surface area contributed by atoms with Crippen LogP contribution in [-0.2, 0) is 9.59 Å². The molecule has 0 aliphatic carbocycles. The number of imide groups is 1. The maximum Gasteiger partial charge on any atom is 0.229 e. The first kappa shape index (κ1) is 18.9. The quantitative estimate of drug-likeness (QED) is 0.510. The van der Waals surface area contributed by atoms with Gasteiger partial charge in [0.15, 0.2) is 0 Å². The number of hydrogen-bond acceptors (Lipinski definition) is 2. The summed E-state index contributed by atoms with van der Waals surface area (Å²) in [5.74, 6) is -0.241. The lowest BCUT2D eigenvalue weighted by molar-refractivity contribution is -0.132. The van der Waals surface area contributed by atoms with Gasteiger partial charge < -0.3 is 0 Å². The summed E-state index contributed by atoms with van der Waals surface area (Å²) in [5, 5.41) is 2.56. The van der Waals surface area contributed by atoms with Crippen LogP contribution in [0.3, 0.4) is 0 Å². The monoisotopic (exact) mass is 307 g/mol. The molecule has 22 heavy (non-hydrogen) atoms. The molecule has 3 nitrogen and oxygen atoms in total. The van der Waals surface area contributed by atoms with Crippen molar-refractivity contribution in [2.75, 3.05) is 0 Å². The van der Waals surface area contributed by atoms with E-state index in [9.17, 15) is 9.59 Å². The molecule has 126 valence electrons. The summed E-state index contributed by atoms with van der Waals surface area (Å²) >= 11 is 0. The van der Waals surface area contributed by atoms with Crippen LogP contribution in [0.1, 0.15) is 90.4 Å². The summed E-state index contributed by atoms with van der Waals surface area (Å²) in [7, 11) is 0. The normalized spacial score (nSPS) is 26.3. The molecule has 1 atom stereocenters. The third kappa shape index (κ3) is 9.75. The molecule has 0 bridgehead atoms. The van der Waals surface area contributed by atoms with Gasteiger partial charge in [-0.1, -0.05) is 57.6 Å². The average Bonchev–Trinajstić information content (AvgIpc) is 2.50. The summed E-state index contributed by atoms with van der Waals surface area (Å²) < 4.78 is 0. The molecular formula is C19H33NO2. The van der Waals surface area contributed by atoms with Crippen molar-refractivity contribution in [2.24, 2.45) is 5.92 Å². The fraction of sp³-hybridized carbons (Fsp3) is 0.789. The zero-order valence-electron chi connectivity index (χ0n) is 14.2. The Morgan fingerprint density at radius 3 is 2.05 bits per heavy atom. The van der Waals surface area contributed by atoms with Gasteiger partial charge in [0.25, 0.3) is 0 Å². The predicted molar refractivity (Wildman–Crippen MR) is 91.5 cm³/mol. The van der Waals surface area contributed by atoms with E-state index in [0.29, 0.717) is 6.42 Å². The summed E-state index contributed by atoms with van der Waals surface area (Å²) in [4.78, 5) is 23.7. The minimum Gasteiger partial charge on any atom is -0.296 e. The highest BCUT2D eigenvalue weighted by Gasteiger charge is 2.15. The minimum atomic E-state index is -0.0994. The third-order valence-corrected chi connectivity index (χ3v) is 4.41. The Kier molecular flexibility index (Phi) is 10.7. The van der Waals surface area contributed by atoms with Crippen LogP contribution in [0.15, 0.2) is 12.2 Å². The minimum absolute atomic E-state index is 0.0501. The molecular weight excluding hydrogens is 274 g/mol. The van der Waals surface area contributed by atoms with Crippen LogP contribution in [-0.4, -0.2) is 11.8 Å². The van der Waals surface area contributed by atoms with E-state index < -0.39 is 0 Å². The molecule has 1 unspecified atom stereocenters. The van der Waals surface area contributed by atoms with Crippen molar-refractivity contribution in [2.45, 2.75) is 90.4 Å². The fourth-order valence-electron chi connectivity index (χ4n) is 2.83. The Bertz CT molecular complexity index is 349. The predicted octanol–water partition coefficient (Wildman–Crippen LogP) is 4.91. The van der Waals surface area contributed by atoms with E-state index in [1.165, 1.54) is 51.4 Å². The Labute approximate surface area is 135 Å². The van der Waals surface area contributed by atoms with E-state index in [-0.39, 0.29) is 17.7 Å². The molecule has 0 aromatic heterocycles. The summed E-state index contributed by atoms with van der Waals surface area (Å²) in [5.41, 5.74) is 0. The second-order valence-electron chi connectivity index (χ2n) is 6.58. The Balaban J connectivity index is 2.35. The number of hydrogen-bond donors (Lipinski definition) is 1. The third-order valence-electron chi connectivity index (χ3n) is 4.41. The molecule has 0 fully saturated rings. The molecule has 1 heterocycles. The maximum atomic E-state index is 11.9. The van der Waals surface area contributed by atoms with Gasteiger partial charge in [-0.15, -0.1) is 0 Å². The van der Waals surface area contributed by atoms with Crippen molar-refractivity contribution in [3.8, 4) is 0 Å². The highest BCUT2D eigenvalue weighted by Crippen LogP contribution is 2.13. The number of nitrogens with one attached hydrogen (secondary N) is 1. The molecule has 0 aromatic rings. The van der Waals surface area contributed by atoms with E-state index in [1.807, 2.05) is 6.92 Å². The second-order valence-corrected chi connectivity index (χ2v) is 6.58. The van der Waals surface area contributed by atoms with Crippen molar-refractivity contribution >= 4 is 11.8 Å². The van der Waals surface area contributed by atoms with E-state index in [2.05, 4.69) is 17.5 Å². The standard InChI is InChI=1S/C19H33NO2/c1-17-15-13-11-9-7-5-3-2-4-6-8-10-12-14-16-18(21)20-19(17)22/h2-3,17H,4-16H2,1H3,(H,20,21,22)/b3-2-. The van der Waals surface area contributed by atoms with E-state index >= 15 is 0 Å². The number of rotatable bonds is 0. The van der Waals surface area contributed by atoms with Crippen molar-refractivity contribution in [3.63, 3.8) is 0 Å². The average molecular weight is 307 g/mol. The SMILES string of the molecule is CC1CCCCCC/C=C\CCCCCCCC(=O)NC1=O. The zero-order chi connectivity index (χ0) is 16.0. The summed E-state index contributed by atoms with van der Waals surface area (Å²) in [6, 6.07) is 0. The first-order valence-electron chi connectivity index (χ1n) is 9.19. The largest absolute Gasteiger partial charge is 0.296 e. The van der Waals surface area contributed by atoms with Crippen LogP contribution in [0, 0.1) is 5.92 Å². The maximum absolute atomic E-state index is 11.9. The smallest absolute Gasteiger partial charge is 0.229 e. The number of carbonyl (C=O) groups excluding carboxylic acids is 2. The van der Waals surface area contributed by atoms with Gasteiger partial charge in [0.05, 0.1) is 0 Å². The van der Waals surface area contributed by atoms with Crippen molar-refractivity contribution in [3.05, 3.63) is 12.2 Å². The second kappa shape index (κ2) is 12.4. The van der Waals surface area contributed by atoms with Crippen LogP contribution in [0.2, 0.25) is 0 Å². The van der Waals surface area contributed by atoms with Crippen molar-refractivity contribution in [1.29, 1.82) is 0 Å². The molecule has 0 radical (unpaired) electrons. The van der Waals surface area contributed by atoms with Crippen molar-refractivity contribution < 1.29 is 9.59 Å². The molecule has 0 saturated carbocycles. The molecule has 2 amide bonds. The van der Waals surface area contributed by atoms with Crippen LogP contribution >= 0.6 is 0 Å². The number of amides is 2. The van der Waals surface area contributed by atoms with E-state index in [1.54, 1.807) is 0 Å². The molecule has 1 aliphatic rings. The zero-order valence-corrected chi connectivity index (χ0v) is 14.2. The topological polar surface area (TPSA) is 46.2 Å². The first-order valence-corrected chi connectivity index (χ1v) is 9.19. The molecule has 1 rings (SSSR count). The lowest BCUT2D eigenvalue weighted by atomic mass is 10.0. The van der Waals surface area contributed by atoms with Gasteiger partial charge in [-0.25, -0.2) is 0 Å². The van der Waals surface area contributed by atoms with Gasteiger partial charge in [-0.3, -0.25) is 14.9 Å². The molecule has 1 N–H and O–H groups in total. The Morgan fingerprint density at radius 2 is 1.36 bits per heavy atom. The summed E-state index contributed by atoms with van der Waals surface area (Å²) in [6.07, 6.45) is 18.8. The van der Waals surface area contributed by atoms with Crippen LogP contribution in [0.5, 0.6) is 0 Å². The van der Waals surface area contributed by atoms with Crippen LogP contribution in [0.4, 0.5) is 0 Å². The molecule has 0 saturated heterocycles. The van der Waals surface area contributed by atoms with Gasteiger partial charge in [-0.2, -0.15) is 0 Å². The molecule has 0 spiro atoms. The highest BCUT2D eigenvalue weighted by atomic mass is 16.2. The summed E-state index contributed by atoms with van der Waals surface area (Å²) in [6.45, 7) is 1.92. The van der Waals surface area contributed by atoms with Gasteiger partial charge in [0, 0.05) is 12.3 Å². The van der Waals surface area contributed by atoms with Gasteiger partial charge >= 0.3 is 0 Å². The van der Waals surface area contributed by atoms with E-state index in [4.69, 9.17) is 0 Å². The number of carbonyl (C=O) groups is 2. The lowest BCUT2D eigenvalue weighted by Crippen LogP contribution is -2.34.